The minimum atomic E-state index is 0.0362. The highest BCUT2D eigenvalue weighted by Gasteiger charge is 2.37. The molecule has 36 heavy (non-hydrogen) atoms. The third-order valence-corrected chi connectivity index (χ3v) is 8.41. The molecule has 0 atom stereocenters. The van der Waals surface area contributed by atoms with Gasteiger partial charge in [-0.2, -0.15) is 0 Å². The van der Waals surface area contributed by atoms with Crippen molar-refractivity contribution in [2.24, 2.45) is 0 Å². The van der Waals surface area contributed by atoms with Gasteiger partial charge in [0.25, 0.3) is 0 Å². The second-order valence-corrected chi connectivity index (χ2v) is 10.6. The number of aromatic nitrogens is 1. The van der Waals surface area contributed by atoms with Gasteiger partial charge in [-0.15, -0.1) is 0 Å². The van der Waals surface area contributed by atoms with Crippen LogP contribution in [0.1, 0.15) is 31.4 Å². The lowest BCUT2D eigenvalue weighted by Gasteiger charge is -2.33. The highest BCUT2D eigenvalue weighted by Crippen LogP contribution is 2.53. The predicted molar refractivity (Wildman–Crippen MR) is 152 cm³/mol. The molecule has 2 aliphatic carbocycles. The SMILES string of the molecule is CC1(C)C2=C(C=CC=CC2)c2cc(N3c4ccccc4-n4c5ccccc5c5cccc3c54)ccc21. The lowest BCUT2D eigenvalue weighted by Crippen LogP contribution is -2.19. The largest absolute Gasteiger partial charge is 0.306 e. The van der Waals surface area contributed by atoms with Crippen LogP contribution in [0.5, 0.6) is 0 Å². The van der Waals surface area contributed by atoms with E-state index in [-0.39, 0.29) is 5.41 Å². The maximum Gasteiger partial charge on any atom is 0.0783 e. The molecule has 5 aromatic rings. The molecular formula is C34H26N2. The molecule has 0 saturated carbocycles. The number of para-hydroxylation sites is 4. The van der Waals surface area contributed by atoms with Crippen molar-refractivity contribution in [2.75, 3.05) is 4.90 Å². The molecule has 2 heteroatoms. The molecule has 0 spiro atoms. The van der Waals surface area contributed by atoms with Gasteiger partial charge in [-0.3, -0.25) is 0 Å². The third kappa shape index (κ3) is 2.41. The van der Waals surface area contributed by atoms with E-state index in [1.807, 2.05) is 0 Å². The summed E-state index contributed by atoms with van der Waals surface area (Å²) in [5, 5.41) is 2.60. The maximum atomic E-state index is 2.46. The summed E-state index contributed by atoms with van der Waals surface area (Å²) in [5.74, 6) is 0. The van der Waals surface area contributed by atoms with E-state index in [1.54, 1.807) is 0 Å². The number of hydrogen-bond acceptors (Lipinski definition) is 1. The van der Waals surface area contributed by atoms with Crippen molar-refractivity contribution in [3.63, 3.8) is 0 Å². The monoisotopic (exact) mass is 462 g/mol. The number of fused-ring (bicyclic) bond motifs is 7. The molecular weight excluding hydrogens is 436 g/mol. The Kier molecular flexibility index (Phi) is 3.82. The van der Waals surface area contributed by atoms with Crippen molar-refractivity contribution < 1.29 is 0 Å². The molecule has 0 bridgehead atoms. The molecule has 0 amide bonds. The number of allylic oxidation sites excluding steroid dienone is 6. The molecule has 4 aromatic carbocycles. The van der Waals surface area contributed by atoms with E-state index in [0.717, 1.165) is 6.42 Å². The smallest absolute Gasteiger partial charge is 0.0783 e. The van der Waals surface area contributed by atoms with E-state index in [2.05, 4.69) is 133 Å². The first kappa shape index (κ1) is 19.9. The standard InChI is InChI=1S/C34H26N2/c1-34(2)27-14-5-3-4-11-23(27)26-21-22(19-20-28(26)34)35-30-16-8-9-17-31(30)36-29-15-7-6-12-24(29)25-13-10-18-32(35)33(25)36/h3-13,15-21H,14H2,1-2H3. The average Bonchev–Trinajstić information content (AvgIpc) is 3.19. The molecule has 2 heterocycles. The second-order valence-electron chi connectivity index (χ2n) is 10.6. The van der Waals surface area contributed by atoms with Crippen LogP contribution >= 0.6 is 0 Å². The molecule has 172 valence electrons. The summed E-state index contributed by atoms with van der Waals surface area (Å²) in [7, 11) is 0. The van der Waals surface area contributed by atoms with Crippen molar-refractivity contribution in [3.05, 3.63) is 126 Å². The van der Waals surface area contributed by atoms with Gasteiger partial charge < -0.3 is 9.47 Å². The molecule has 3 aliphatic rings. The molecule has 8 rings (SSSR count). The first-order valence-electron chi connectivity index (χ1n) is 12.8. The van der Waals surface area contributed by atoms with Gasteiger partial charge in [-0.25, -0.2) is 0 Å². The number of rotatable bonds is 1. The van der Waals surface area contributed by atoms with Gasteiger partial charge in [0.15, 0.2) is 0 Å². The fraction of sp³-hybridized carbons (Fsp3) is 0.118. The number of hydrogen-bond donors (Lipinski definition) is 0. The van der Waals surface area contributed by atoms with E-state index in [4.69, 9.17) is 0 Å². The Balaban J connectivity index is 1.43. The van der Waals surface area contributed by atoms with Crippen LogP contribution in [-0.4, -0.2) is 4.57 Å². The van der Waals surface area contributed by atoms with Gasteiger partial charge in [-0.05, 0) is 65.1 Å². The van der Waals surface area contributed by atoms with Gasteiger partial charge in [0.2, 0.25) is 0 Å². The Hall–Kier alpha value is -4.30. The zero-order chi connectivity index (χ0) is 24.0. The van der Waals surface area contributed by atoms with Crippen LogP contribution in [0.15, 0.2) is 115 Å². The van der Waals surface area contributed by atoms with Gasteiger partial charge in [0, 0.05) is 21.9 Å². The third-order valence-electron chi connectivity index (χ3n) is 8.41. The van der Waals surface area contributed by atoms with Crippen molar-refractivity contribution in [3.8, 4) is 5.69 Å². The average molecular weight is 463 g/mol. The molecule has 0 saturated heterocycles. The molecule has 0 fully saturated rings. The highest BCUT2D eigenvalue weighted by molar-refractivity contribution is 6.16. The Morgan fingerprint density at radius 3 is 2.42 bits per heavy atom. The summed E-state index contributed by atoms with van der Waals surface area (Å²) in [5.41, 5.74) is 13.1. The lowest BCUT2D eigenvalue weighted by molar-refractivity contribution is 0.626. The minimum absolute atomic E-state index is 0.0362. The first-order chi connectivity index (χ1) is 17.6. The fourth-order valence-electron chi connectivity index (χ4n) is 6.75. The number of nitrogens with zero attached hydrogens (tertiary/aromatic N) is 2. The molecule has 1 aliphatic heterocycles. The maximum absolute atomic E-state index is 2.46. The summed E-state index contributed by atoms with van der Waals surface area (Å²) in [6.07, 6.45) is 9.96. The van der Waals surface area contributed by atoms with Gasteiger partial charge in [0.05, 0.1) is 28.1 Å². The van der Waals surface area contributed by atoms with Crippen molar-refractivity contribution in [1.82, 2.24) is 4.57 Å². The normalized spacial score (nSPS) is 16.9. The number of anilines is 3. The topological polar surface area (TPSA) is 8.17 Å². The van der Waals surface area contributed by atoms with Crippen LogP contribution in [-0.2, 0) is 5.41 Å². The van der Waals surface area contributed by atoms with Crippen LogP contribution in [0.3, 0.4) is 0 Å². The van der Waals surface area contributed by atoms with Crippen molar-refractivity contribution >= 4 is 44.4 Å². The Morgan fingerprint density at radius 1 is 0.722 bits per heavy atom. The van der Waals surface area contributed by atoms with Gasteiger partial charge in [-0.1, -0.05) is 86.7 Å². The van der Waals surface area contributed by atoms with Gasteiger partial charge >= 0.3 is 0 Å². The van der Waals surface area contributed by atoms with Crippen LogP contribution in [0.2, 0.25) is 0 Å². The summed E-state index contributed by atoms with van der Waals surface area (Å²) < 4.78 is 2.45. The van der Waals surface area contributed by atoms with Crippen LogP contribution in [0.25, 0.3) is 33.1 Å². The fourth-order valence-corrected chi connectivity index (χ4v) is 6.75. The molecule has 0 unspecified atom stereocenters. The quantitative estimate of drug-likeness (QED) is 0.236. The highest BCUT2D eigenvalue weighted by atomic mass is 15.2. The lowest BCUT2D eigenvalue weighted by atomic mass is 9.80. The number of benzene rings is 4. The Morgan fingerprint density at radius 2 is 1.50 bits per heavy atom. The zero-order valence-electron chi connectivity index (χ0n) is 20.5. The summed E-state index contributed by atoms with van der Waals surface area (Å²) in [6.45, 7) is 4.74. The van der Waals surface area contributed by atoms with Crippen molar-refractivity contribution in [1.29, 1.82) is 0 Å². The molecule has 1 aromatic heterocycles. The predicted octanol–water partition coefficient (Wildman–Crippen LogP) is 9.13. The summed E-state index contributed by atoms with van der Waals surface area (Å²) >= 11 is 0. The Labute approximate surface area is 211 Å². The minimum Gasteiger partial charge on any atom is -0.306 e. The summed E-state index contributed by atoms with van der Waals surface area (Å²) in [4.78, 5) is 2.46. The van der Waals surface area contributed by atoms with E-state index in [9.17, 15) is 0 Å². The Bertz CT molecular complexity index is 1840. The molecule has 0 radical (unpaired) electrons. The van der Waals surface area contributed by atoms with E-state index in [0.29, 0.717) is 0 Å². The first-order valence-corrected chi connectivity index (χ1v) is 12.8. The van der Waals surface area contributed by atoms with Crippen LogP contribution < -0.4 is 4.90 Å². The van der Waals surface area contributed by atoms with Gasteiger partial charge in [0.1, 0.15) is 0 Å². The van der Waals surface area contributed by atoms with Crippen LogP contribution in [0.4, 0.5) is 17.1 Å². The van der Waals surface area contributed by atoms with E-state index < -0.39 is 0 Å². The zero-order valence-corrected chi connectivity index (χ0v) is 20.5. The molecule has 2 nitrogen and oxygen atoms in total. The van der Waals surface area contributed by atoms with E-state index in [1.165, 1.54) is 66.8 Å². The molecule has 0 N–H and O–H groups in total. The van der Waals surface area contributed by atoms with E-state index >= 15 is 0 Å². The summed E-state index contributed by atoms with van der Waals surface area (Å²) in [6, 6.07) is 31.4. The van der Waals surface area contributed by atoms with Crippen LogP contribution in [0, 0.1) is 0 Å². The second kappa shape index (κ2) is 6.89. The van der Waals surface area contributed by atoms with Crippen molar-refractivity contribution in [2.45, 2.75) is 25.7 Å².